The topological polar surface area (TPSA) is 98.0 Å². The highest BCUT2D eigenvalue weighted by Crippen LogP contribution is 2.27. The van der Waals surface area contributed by atoms with Gasteiger partial charge < -0.3 is 0 Å². The van der Waals surface area contributed by atoms with E-state index in [1.54, 1.807) is 0 Å². The fourth-order valence-corrected chi connectivity index (χ4v) is 3.26. The van der Waals surface area contributed by atoms with Crippen LogP contribution >= 0.6 is 34.7 Å². The number of carbonyl (C=O) groups excluding carboxylic acids is 1. The first-order chi connectivity index (χ1) is 10.0. The van der Waals surface area contributed by atoms with Gasteiger partial charge in [0, 0.05) is 11.1 Å². The maximum atomic E-state index is 12.1. The zero-order chi connectivity index (χ0) is 15.4. The van der Waals surface area contributed by atoms with E-state index in [1.807, 2.05) is 6.92 Å². The SMILES string of the molecule is CCSc1nnc(NC(=O)c2ccc(Cl)cc2[N+](=O)[O-])s1. The summed E-state index contributed by atoms with van der Waals surface area (Å²) in [5, 5.41) is 21.6. The third-order valence-corrected chi connectivity index (χ3v) is 4.39. The molecule has 0 radical (unpaired) electrons. The average molecular weight is 345 g/mol. The van der Waals surface area contributed by atoms with Gasteiger partial charge in [0.05, 0.1) is 4.92 Å². The van der Waals surface area contributed by atoms with Crippen molar-refractivity contribution in [2.75, 3.05) is 11.1 Å². The number of hydrogen-bond acceptors (Lipinski definition) is 7. The van der Waals surface area contributed by atoms with Gasteiger partial charge in [-0.2, -0.15) is 0 Å². The summed E-state index contributed by atoms with van der Waals surface area (Å²) in [6, 6.07) is 3.86. The van der Waals surface area contributed by atoms with Crippen molar-refractivity contribution in [2.45, 2.75) is 11.3 Å². The van der Waals surface area contributed by atoms with E-state index >= 15 is 0 Å². The van der Waals surface area contributed by atoms with Crippen LogP contribution in [0.5, 0.6) is 0 Å². The molecule has 1 amide bonds. The standard InChI is InChI=1S/C11H9ClN4O3S2/c1-2-20-11-15-14-10(21-11)13-9(17)7-4-3-6(12)5-8(7)16(18)19/h3-5H,2H2,1H3,(H,13,14,17). The van der Waals surface area contributed by atoms with Gasteiger partial charge >= 0.3 is 0 Å². The van der Waals surface area contributed by atoms with Crippen LogP contribution in [0.15, 0.2) is 22.5 Å². The molecule has 1 heterocycles. The zero-order valence-corrected chi connectivity index (χ0v) is 13.1. The van der Waals surface area contributed by atoms with Gasteiger partial charge in [-0.1, -0.05) is 41.6 Å². The van der Waals surface area contributed by atoms with E-state index in [-0.39, 0.29) is 16.3 Å². The first kappa shape index (κ1) is 15.7. The number of carbonyl (C=O) groups is 1. The average Bonchev–Trinajstić information content (AvgIpc) is 2.86. The summed E-state index contributed by atoms with van der Waals surface area (Å²) in [7, 11) is 0. The highest BCUT2D eigenvalue weighted by molar-refractivity contribution is 8.01. The Kier molecular flexibility index (Phi) is 5.10. The number of hydrogen-bond donors (Lipinski definition) is 1. The van der Waals surface area contributed by atoms with Gasteiger partial charge in [-0.25, -0.2) is 0 Å². The second-order valence-corrected chi connectivity index (χ2v) is 6.60. The number of anilines is 1. The van der Waals surface area contributed by atoms with Gasteiger partial charge in [0.1, 0.15) is 5.56 Å². The Morgan fingerprint density at radius 1 is 1.52 bits per heavy atom. The summed E-state index contributed by atoms with van der Waals surface area (Å²) in [5.41, 5.74) is -0.433. The number of benzene rings is 1. The number of nitro groups is 1. The summed E-state index contributed by atoms with van der Waals surface area (Å²) in [4.78, 5) is 22.4. The second kappa shape index (κ2) is 6.83. The number of nitrogens with one attached hydrogen (secondary N) is 1. The fraction of sp³-hybridized carbons (Fsp3) is 0.182. The molecule has 2 rings (SSSR count). The molecule has 0 atom stereocenters. The molecule has 0 spiro atoms. The second-order valence-electron chi connectivity index (χ2n) is 3.68. The number of nitro benzene ring substituents is 1. The highest BCUT2D eigenvalue weighted by atomic mass is 35.5. The number of thioether (sulfide) groups is 1. The van der Waals surface area contributed by atoms with E-state index in [0.717, 1.165) is 16.2 Å². The molecule has 21 heavy (non-hydrogen) atoms. The van der Waals surface area contributed by atoms with Crippen LogP contribution in [0.3, 0.4) is 0 Å². The monoisotopic (exact) mass is 344 g/mol. The molecule has 1 aromatic heterocycles. The smallest absolute Gasteiger partial charge is 0.283 e. The van der Waals surface area contributed by atoms with Crippen LogP contribution in [0, 0.1) is 10.1 Å². The lowest BCUT2D eigenvalue weighted by Gasteiger charge is -2.02. The molecule has 0 bridgehead atoms. The van der Waals surface area contributed by atoms with Crippen LogP contribution in [0.4, 0.5) is 10.8 Å². The third kappa shape index (κ3) is 3.90. The summed E-state index contributed by atoms with van der Waals surface area (Å²) in [6.07, 6.45) is 0. The minimum absolute atomic E-state index is 0.0794. The molecular formula is C11H9ClN4O3S2. The van der Waals surface area contributed by atoms with E-state index in [1.165, 1.54) is 35.2 Å². The van der Waals surface area contributed by atoms with Crippen LogP contribution in [-0.4, -0.2) is 26.8 Å². The molecule has 1 aromatic carbocycles. The van der Waals surface area contributed by atoms with Crippen molar-refractivity contribution in [3.05, 3.63) is 38.9 Å². The molecule has 1 N–H and O–H groups in total. The van der Waals surface area contributed by atoms with Crippen molar-refractivity contribution in [3.63, 3.8) is 0 Å². The van der Waals surface area contributed by atoms with Gasteiger partial charge in [-0.05, 0) is 17.9 Å². The number of halogens is 1. The van der Waals surface area contributed by atoms with Gasteiger partial charge in [0.15, 0.2) is 4.34 Å². The lowest BCUT2D eigenvalue weighted by Crippen LogP contribution is -2.13. The Morgan fingerprint density at radius 3 is 2.95 bits per heavy atom. The number of amides is 1. The third-order valence-electron chi connectivity index (χ3n) is 2.30. The van der Waals surface area contributed by atoms with Crippen molar-refractivity contribution in [2.24, 2.45) is 0 Å². The highest BCUT2D eigenvalue weighted by Gasteiger charge is 2.21. The van der Waals surface area contributed by atoms with Crippen molar-refractivity contribution < 1.29 is 9.72 Å². The molecule has 0 aliphatic heterocycles. The normalized spacial score (nSPS) is 10.4. The van der Waals surface area contributed by atoms with Crippen LogP contribution in [0.25, 0.3) is 0 Å². The van der Waals surface area contributed by atoms with Crippen molar-refractivity contribution >= 4 is 51.4 Å². The fourth-order valence-electron chi connectivity index (χ4n) is 1.45. The van der Waals surface area contributed by atoms with Gasteiger partial charge in [0.2, 0.25) is 5.13 Å². The maximum absolute atomic E-state index is 12.1. The van der Waals surface area contributed by atoms with Crippen molar-refractivity contribution in [3.8, 4) is 0 Å². The minimum atomic E-state index is -0.654. The Hall–Kier alpha value is -1.71. The molecule has 0 aliphatic carbocycles. The van der Waals surface area contributed by atoms with E-state index in [2.05, 4.69) is 15.5 Å². The van der Waals surface area contributed by atoms with Crippen molar-refractivity contribution in [1.82, 2.24) is 10.2 Å². The Labute approximate surface area is 132 Å². The molecule has 0 saturated carbocycles. The zero-order valence-electron chi connectivity index (χ0n) is 10.7. The summed E-state index contributed by atoms with van der Waals surface area (Å²) >= 11 is 8.41. The largest absolute Gasteiger partial charge is 0.296 e. The quantitative estimate of drug-likeness (QED) is 0.386. The first-order valence-electron chi connectivity index (χ1n) is 5.73. The predicted octanol–water partition coefficient (Wildman–Crippen LogP) is 3.46. The number of rotatable bonds is 5. The van der Waals surface area contributed by atoms with Crippen molar-refractivity contribution in [1.29, 1.82) is 0 Å². The Balaban J connectivity index is 2.21. The lowest BCUT2D eigenvalue weighted by molar-refractivity contribution is -0.385. The van der Waals surface area contributed by atoms with E-state index < -0.39 is 10.8 Å². The number of nitrogens with zero attached hydrogens (tertiary/aromatic N) is 3. The molecule has 0 unspecified atom stereocenters. The molecular weight excluding hydrogens is 336 g/mol. The van der Waals surface area contributed by atoms with Gasteiger partial charge in [0.25, 0.3) is 11.6 Å². The molecule has 7 nitrogen and oxygen atoms in total. The van der Waals surface area contributed by atoms with E-state index in [0.29, 0.717) is 5.13 Å². The van der Waals surface area contributed by atoms with Crippen LogP contribution < -0.4 is 5.32 Å². The van der Waals surface area contributed by atoms with Crippen LogP contribution in [-0.2, 0) is 0 Å². The summed E-state index contributed by atoms with van der Waals surface area (Å²) in [6.45, 7) is 1.97. The maximum Gasteiger partial charge on any atom is 0.283 e. The first-order valence-corrected chi connectivity index (χ1v) is 7.91. The molecule has 110 valence electrons. The summed E-state index contributed by atoms with van der Waals surface area (Å²) < 4.78 is 0.721. The predicted molar refractivity (Wildman–Crippen MR) is 82.4 cm³/mol. The molecule has 2 aromatic rings. The molecule has 0 aliphatic rings. The van der Waals surface area contributed by atoms with Gasteiger partial charge in [-0.3, -0.25) is 20.2 Å². The van der Waals surface area contributed by atoms with E-state index in [4.69, 9.17) is 11.6 Å². The molecule has 10 heteroatoms. The summed E-state index contributed by atoms with van der Waals surface area (Å²) in [5.74, 6) is 0.216. The van der Waals surface area contributed by atoms with Crippen LogP contribution in [0.1, 0.15) is 17.3 Å². The lowest BCUT2D eigenvalue weighted by atomic mass is 10.1. The van der Waals surface area contributed by atoms with E-state index in [9.17, 15) is 14.9 Å². The Bertz CT molecular complexity index is 692. The molecule has 0 saturated heterocycles. The Morgan fingerprint density at radius 2 is 2.29 bits per heavy atom. The number of aromatic nitrogens is 2. The molecule has 0 fully saturated rings. The van der Waals surface area contributed by atoms with Gasteiger partial charge in [-0.15, -0.1) is 10.2 Å². The minimum Gasteiger partial charge on any atom is -0.296 e. The van der Waals surface area contributed by atoms with Crippen LogP contribution in [0.2, 0.25) is 5.02 Å².